The first kappa shape index (κ1) is 17.0. The van der Waals surface area contributed by atoms with Crippen molar-refractivity contribution in [1.29, 1.82) is 0 Å². The summed E-state index contributed by atoms with van der Waals surface area (Å²) in [5, 5.41) is 20.6. The van der Waals surface area contributed by atoms with Gasteiger partial charge < -0.3 is 19.7 Å². The Labute approximate surface area is 131 Å². The predicted octanol–water partition coefficient (Wildman–Crippen LogP) is -1.88. The summed E-state index contributed by atoms with van der Waals surface area (Å²) in [7, 11) is 0. The Hall–Kier alpha value is -2.36. The number of nitrogens with one attached hydrogen (secondary N) is 1. The van der Waals surface area contributed by atoms with Crippen LogP contribution >= 0.6 is 0 Å². The number of aromatic nitrogens is 2. The molecule has 2 heterocycles. The summed E-state index contributed by atoms with van der Waals surface area (Å²) in [6, 6.07) is 0. The number of ether oxygens (including phenoxy) is 2. The average molecular weight is 320 g/mol. The highest BCUT2D eigenvalue weighted by molar-refractivity contribution is 5.20. The smallest absolute Gasteiger partial charge is 0.330 e. The van der Waals surface area contributed by atoms with Gasteiger partial charge in [-0.2, -0.15) is 0 Å². The molecule has 0 amide bonds. The van der Waals surface area contributed by atoms with E-state index in [0.717, 1.165) is 4.57 Å². The van der Waals surface area contributed by atoms with Gasteiger partial charge in [-0.15, -0.1) is 12.8 Å². The minimum Gasteiger partial charge on any atom is -0.387 e. The van der Waals surface area contributed by atoms with E-state index in [0.29, 0.717) is 0 Å². The summed E-state index contributed by atoms with van der Waals surface area (Å²) in [4.78, 5) is 25.5. The standard InChI is InChI=1S/C15H16N2O6/c1-4-6-23-15(5-2)10(18)8-22-13(11(15)19)17-7-9(3)12(20)16-14(17)21/h1-2,7,10-11,13,18-19H,6,8H2,3H3,(H,16,20,21)/t10-,11+,13-,15-/m1/s1. The number of hydrogen-bond acceptors (Lipinski definition) is 6. The maximum absolute atomic E-state index is 12.0. The number of rotatable bonds is 3. The molecule has 4 atom stereocenters. The van der Waals surface area contributed by atoms with Gasteiger partial charge in [0, 0.05) is 11.8 Å². The van der Waals surface area contributed by atoms with Gasteiger partial charge in [0.05, 0.1) is 6.61 Å². The number of aliphatic hydroxyl groups is 2. The Balaban J connectivity index is 2.48. The van der Waals surface area contributed by atoms with Gasteiger partial charge in [-0.25, -0.2) is 4.79 Å². The van der Waals surface area contributed by atoms with Crippen molar-refractivity contribution in [2.45, 2.75) is 31.0 Å². The lowest BCUT2D eigenvalue weighted by Gasteiger charge is -2.44. The van der Waals surface area contributed by atoms with Crippen LogP contribution in [0.4, 0.5) is 0 Å². The van der Waals surface area contributed by atoms with E-state index in [2.05, 4.69) is 16.8 Å². The molecule has 0 unspecified atom stereocenters. The second kappa shape index (κ2) is 6.41. The molecule has 1 aliphatic rings. The number of aliphatic hydroxyl groups excluding tert-OH is 2. The third-order valence-electron chi connectivity index (χ3n) is 3.67. The van der Waals surface area contributed by atoms with Crippen molar-refractivity contribution in [1.82, 2.24) is 9.55 Å². The quantitative estimate of drug-likeness (QED) is 0.562. The normalized spacial score (nSPS) is 30.4. The molecule has 0 aromatic carbocycles. The van der Waals surface area contributed by atoms with Gasteiger partial charge >= 0.3 is 5.69 Å². The molecule has 1 aromatic rings. The number of nitrogens with zero attached hydrogens (tertiary/aromatic N) is 1. The van der Waals surface area contributed by atoms with Crippen LogP contribution in [-0.4, -0.2) is 50.8 Å². The minimum absolute atomic E-state index is 0.238. The van der Waals surface area contributed by atoms with E-state index in [4.69, 9.17) is 22.3 Å². The first-order chi connectivity index (χ1) is 10.9. The molecular weight excluding hydrogens is 304 g/mol. The second-order valence-electron chi connectivity index (χ2n) is 5.09. The molecule has 1 aromatic heterocycles. The molecule has 0 bridgehead atoms. The molecule has 1 aliphatic heterocycles. The monoisotopic (exact) mass is 320 g/mol. The summed E-state index contributed by atoms with van der Waals surface area (Å²) in [6.45, 7) is 0.952. The van der Waals surface area contributed by atoms with Crippen molar-refractivity contribution >= 4 is 0 Å². The molecule has 0 spiro atoms. The number of aromatic amines is 1. The lowest BCUT2D eigenvalue weighted by Crippen LogP contribution is -2.63. The lowest BCUT2D eigenvalue weighted by atomic mass is 9.87. The van der Waals surface area contributed by atoms with Crippen molar-refractivity contribution in [3.05, 3.63) is 32.6 Å². The van der Waals surface area contributed by atoms with Crippen LogP contribution in [0.5, 0.6) is 0 Å². The minimum atomic E-state index is -1.83. The number of terminal acetylenes is 2. The van der Waals surface area contributed by atoms with Crippen molar-refractivity contribution in [3.8, 4) is 24.7 Å². The summed E-state index contributed by atoms with van der Waals surface area (Å²) >= 11 is 0. The van der Waals surface area contributed by atoms with Gasteiger partial charge in [-0.1, -0.05) is 11.8 Å². The molecule has 8 nitrogen and oxygen atoms in total. The fourth-order valence-corrected chi connectivity index (χ4v) is 2.39. The van der Waals surface area contributed by atoms with E-state index in [1.165, 1.54) is 13.1 Å². The Kier molecular flexibility index (Phi) is 4.73. The van der Waals surface area contributed by atoms with Gasteiger partial charge in [0.1, 0.15) is 18.8 Å². The van der Waals surface area contributed by atoms with Crippen LogP contribution in [0, 0.1) is 31.6 Å². The maximum atomic E-state index is 12.0. The highest BCUT2D eigenvalue weighted by Crippen LogP contribution is 2.33. The van der Waals surface area contributed by atoms with Gasteiger partial charge in [-0.05, 0) is 6.92 Å². The van der Waals surface area contributed by atoms with E-state index in [1.807, 2.05) is 0 Å². The summed E-state index contributed by atoms with van der Waals surface area (Å²) < 4.78 is 11.6. The van der Waals surface area contributed by atoms with Gasteiger partial charge in [0.25, 0.3) is 5.56 Å². The van der Waals surface area contributed by atoms with Crippen LogP contribution in [0.15, 0.2) is 15.8 Å². The van der Waals surface area contributed by atoms with Crippen LogP contribution in [-0.2, 0) is 9.47 Å². The van der Waals surface area contributed by atoms with E-state index in [1.54, 1.807) is 0 Å². The highest BCUT2D eigenvalue weighted by Gasteiger charge is 2.53. The molecule has 0 aliphatic carbocycles. The molecule has 0 saturated carbocycles. The number of hydrogen-bond donors (Lipinski definition) is 3. The van der Waals surface area contributed by atoms with Gasteiger partial charge in [0.15, 0.2) is 11.8 Å². The summed E-state index contributed by atoms with van der Waals surface area (Å²) in [5.74, 6) is 4.41. The molecule has 8 heteroatoms. The van der Waals surface area contributed by atoms with Crippen LogP contribution in [0.1, 0.15) is 11.8 Å². The lowest BCUT2D eigenvalue weighted by molar-refractivity contribution is -0.251. The molecule has 122 valence electrons. The zero-order valence-corrected chi connectivity index (χ0v) is 12.4. The molecule has 1 saturated heterocycles. The van der Waals surface area contributed by atoms with Crippen molar-refractivity contribution < 1.29 is 19.7 Å². The molecule has 3 N–H and O–H groups in total. The summed E-state index contributed by atoms with van der Waals surface area (Å²) in [5.41, 5.74) is -2.94. The largest absolute Gasteiger partial charge is 0.387 e. The summed E-state index contributed by atoms with van der Waals surface area (Å²) in [6.07, 6.45) is 7.60. The van der Waals surface area contributed by atoms with Gasteiger partial charge in [-0.3, -0.25) is 14.3 Å². The van der Waals surface area contributed by atoms with Crippen molar-refractivity contribution in [2.75, 3.05) is 13.2 Å². The fraction of sp³-hybridized carbons (Fsp3) is 0.467. The first-order valence-corrected chi connectivity index (χ1v) is 6.72. The Bertz CT molecular complexity index is 783. The predicted molar refractivity (Wildman–Crippen MR) is 79.4 cm³/mol. The Morgan fingerprint density at radius 3 is 2.83 bits per heavy atom. The second-order valence-corrected chi connectivity index (χ2v) is 5.09. The van der Waals surface area contributed by atoms with E-state index >= 15 is 0 Å². The first-order valence-electron chi connectivity index (χ1n) is 6.72. The zero-order chi connectivity index (χ0) is 17.2. The maximum Gasteiger partial charge on any atom is 0.330 e. The van der Waals surface area contributed by atoms with Crippen LogP contribution in [0.2, 0.25) is 0 Å². The van der Waals surface area contributed by atoms with Crippen LogP contribution < -0.4 is 11.2 Å². The zero-order valence-electron chi connectivity index (χ0n) is 12.4. The van der Waals surface area contributed by atoms with E-state index < -0.39 is 35.3 Å². The van der Waals surface area contributed by atoms with Crippen LogP contribution in [0.3, 0.4) is 0 Å². The van der Waals surface area contributed by atoms with Gasteiger partial charge in [0.2, 0.25) is 0 Å². The van der Waals surface area contributed by atoms with E-state index in [9.17, 15) is 19.8 Å². The average Bonchev–Trinajstić information content (AvgIpc) is 2.52. The molecule has 0 radical (unpaired) electrons. The fourth-order valence-electron chi connectivity index (χ4n) is 2.39. The Morgan fingerprint density at radius 1 is 1.52 bits per heavy atom. The molecule has 23 heavy (non-hydrogen) atoms. The van der Waals surface area contributed by atoms with E-state index in [-0.39, 0.29) is 18.8 Å². The SMILES string of the molecule is C#CCO[C@]1(C#C)[C@H](O)CO[C@@H](n2cc(C)c(=O)[nH]c2=O)[C@@H]1O. The number of H-pyrrole nitrogens is 1. The Morgan fingerprint density at radius 2 is 2.22 bits per heavy atom. The highest BCUT2D eigenvalue weighted by atomic mass is 16.6. The topological polar surface area (TPSA) is 114 Å². The third kappa shape index (κ3) is 2.81. The van der Waals surface area contributed by atoms with Crippen molar-refractivity contribution in [3.63, 3.8) is 0 Å². The molecule has 1 fully saturated rings. The van der Waals surface area contributed by atoms with Crippen LogP contribution in [0.25, 0.3) is 0 Å². The third-order valence-corrected chi connectivity index (χ3v) is 3.67. The molecule has 2 rings (SSSR count). The number of aryl methyl sites for hydroxylation is 1. The molecular formula is C15H16N2O6. The van der Waals surface area contributed by atoms with Crippen molar-refractivity contribution in [2.24, 2.45) is 0 Å².